The van der Waals surface area contributed by atoms with E-state index in [1.807, 2.05) is 66.7 Å². The number of hydrogen-bond acceptors (Lipinski definition) is 3. The van der Waals surface area contributed by atoms with E-state index >= 15 is 0 Å². The highest BCUT2D eigenvalue weighted by molar-refractivity contribution is 6.30. The predicted octanol–water partition coefficient (Wildman–Crippen LogP) is 4.80. The third-order valence-corrected chi connectivity index (χ3v) is 5.49. The summed E-state index contributed by atoms with van der Waals surface area (Å²) in [5.41, 5.74) is 3.30. The van der Waals surface area contributed by atoms with E-state index in [1.165, 1.54) is 0 Å². The van der Waals surface area contributed by atoms with Crippen molar-refractivity contribution in [2.45, 2.75) is 39.5 Å². The number of piperidine rings is 1. The number of amides is 1. The Morgan fingerprint density at radius 2 is 2.04 bits per heavy atom. The quantitative estimate of drug-likeness (QED) is 0.625. The lowest BCUT2D eigenvalue weighted by atomic mass is 9.89. The summed E-state index contributed by atoms with van der Waals surface area (Å²) in [4.78, 5) is 24.1. The number of rotatable bonds is 2. The molecule has 146 valence electrons. The van der Waals surface area contributed by atoms with E-state index in [9.17, 15) is 4.79 Å². The SMILES string of the molecule is CC(C)(C)C(=O)N1CCC[C@@H](c2cccc(-c3cnc4ccc(Cl)cn34)n2)C1. The molecule has 0 bridgehead atoms. The fraction of sp³-hybridized carbons (Fsp3) is 0.409. The second-order valence-electron chi connectivity index (χ2n) is 8.51. The summed E-state index contributed by atoms with van der Waals surface area (Å²) < 4.78 is 1.96. The molecule has 6 heteroatoms. The van der Waals surface area contributed by atoms with Gasteiger partial charge in [-0.15, -0.1) is 0 Å². The van der Waals surface area contributed by atoms with Crippen LogP contribution in [0.3, 0.4) is 0 Å². The lowest BCUT2D eigenvalue weighted by Crippen LogP contribution is -2.44. The number of aromatic nitrogens is 3. The van der Waals surface area contributed by atoms with Crippen LogP contribution in [0.2, 0.25) is 5.02 Å². The van der Waals surface area contributed by atoms with Crippen LogP contribution in [0.15, 0.2) is 42.7 Å². The van der Waals surface area contributed by atoms with Crippen LogP contribution in [0.25, 0.3) is 17.0 Å². The lowest BCUT2D eigenvalue weighted by Gasteiger charge is -2.36. The van der Waals surface area contributed by atoms with E-state index in [2.05, 4.69) is 11.1 Å². The maximum Gasteiger partial charge on any atom is 0.227 e. The van der Waals surface area contributed by atoms with E-state index in [-0.39, 0.29) is 17.2 Å². The van der Waals surface area contributed by atoms with Gasteiger partial charge in [-0.1, -0.05) is 38.4 Å². The van der Waals surface area contributed by atoms with E-state index in [1.54, 1.807) is 0 Å². The Bertz CT molecular complexity index is 1020. The third kappa shape index (κ3) is 3.63. The monoisotopic (exact) mass is 396 g/mol. The molecule has 0 saturated carbocycles. The minimum absolute atomic E-state index is 0.213. The molecule has 0 unspecified atom stereocenters. The second-order valence-corrected chi connectivity index (χ2v) is 8.94. The van der Waals surface area contributed by atoms with E-state index in [0.29, 0.717) is 5.02 Å². The Labute approximate surface area is 170 Å². The third-order valence-electron chi connectivity index (χ3n) is 5.27. The topological polar surface area (TPSA) is 50.5 Å². The summed E-state index contributed by atoms with van der Waals surface area (Å²) in [6, 6.07) is 9.82. The number of halogens is 1. The Hall–Kier alpha value is -2.40. The van der Waals surface area contributed by atoms with E-state index in [0.717, 1.165) is 48.7 Å². The fourth-order valence-electron chi connectivity index (χ4n) is 3.84. The number of carbonyl (C=O) groups excluding carboxylic acids is 1. The Kier molecular flexibility index (Phi) is 4.88. The van der Waals surface area contributed by atoms with Gasteiger partial charge in [0, 0.05) is 36.3 Å². The molecule has 28 heavy (non-hydrogen) atoms. The van der Waals surface area contributed by atoms with Crippen LogP contribution < -0.4 is 0 Å². The van der Waals surface area contributed by atoms with Gasteiger partial charge in [-0.25, -0.2) is 4.98 Å². The molecular weight excluding hydrogens is 372 g/mol. The molecule has 5 nitrogen and oxygen atoms in total. The van der Waals surface area contributed by atoms with Crippen LogP contribution in [0.1, 0.15) is 45.2 Å². The van der Waals surface area contributed by atoms with Gasteiger partial charge in [0.15, 0.2) is 0 Å². The van der Waals surface area contributed by atoms with Gasteiger partial charge in [-0.2, -0.15) is 0 Å². The Morgan fingerprint density at radius 3 is 2.82 bits per heavy atom. The summed E-state index contributed by atoms with van der Waals surface area (Å²) in [6.07, 6.45) is 5.74. The molecule has 4 rings (SSSR count). The minimum atomic E-state index is -0.354. The highest BCUT2D eigenvalue weighted by atomic mass is 35.5. The summed E-state index contributed by atoms with van der Waals surface area (Å²) in [5.74, 6) is 0.465. The summed E-state index contributed by atoms with van der Waals surface area (Å²) >= 11 is 6.16. The zero-order valence-corrected chi connectivity index (χ0v) is 17.3. The van der Waals surface area contributed by atoms with Crippen LogP contribution in [0.5, 0.6) is 0 Å². The van der Waals surface area contributed by atoms with Crippen molar-refractivity contribution in [1.29, 1.82) is 0 Å². The number of carbonyl (C=O) groups is 1. The van der Waals surface area contributed by atoms with Gasteiger partial charge in [0.2, 0.25) is 5.91 Å². The van der Waals surface area contributed by atoms with Crippen molar-refractivity contribution in [2.75, 3.05) is 13.1 Å². The smallest absolute Gasteiger partial charge is 0.227 e. The molecule has 1 aliphatic rings. The Balaban J connectivity index is 1.63. The molecule has 0 aromatic carbocycles. The zero-order chi connectivity index (χ0) is 19.9. The first kappa shape index (κ1) is 18.9. The van der Waals surface area contributed by atoms with Gasteiger partial charge in [0.25, 0.3) is 0 Å². The van der Waals surface area contributed by atoms with Crippen molar-refractivity contribution in [1.82, 2.24) is 19.3 Å². The van der Waals surface area contributed by atoms with Crippen molar-refractivity contribution in [3.8, 4) is 11.4 Å². The number of nitrogens with zero attached hydrogens (tertiary/aromatic N) is 4. The first-order chi connectivity index (χ1) is 13.3. The number of pyridine rings is 2. The molecule has 0 aliphatic carbocycles. The minimum Gasteiger partial charge on any atom is -0.342 e. The van der Waals surface area contributed by atoms with Gasteiger partial charge >= 0.3 is 0 Å². The largest absolute Gasteiger partial charge is 0.342 e. The molecule has 1 amide bonds. The average Bonchev–Trinajstić information content (AvgIpc) is 3.10. The molecule has 1 fully saturated rings. The molecule has 3 aromatic heterocycles. The van der Waals surface area contributed by atoms with Gasteiger partial charge < -0.3 is 4.90 Å². The normalized spacial score (nSPS) is 17.9. The van der Waals surface area contributed by atoms with Crippen molar-refractivity contribution < 1.29 is 4.79 Å². The highest BCUT2D eigenvalue weighted by Gasteiger charge is 2.32. The standard InChI is InChI=1S/C22H25ClN4O/c1-22(2,3)21(28)26-11-5-6-15(13-26)17-7-4-8-18(25-17)19-12-24-20-10-9-16(23)14-27(19)20/h4,7-10,12,14-15H,5-6,11,13H2,1-3H3/t15-/m1/s1. The molecule has 1 atom stereocenters. The zero-order valence-electron chi connectivity index (χ0n) is 16.5. The van der Waals surface area contributed by atoms with Gasteiger partial charge in [0.1, 0.15) is 5.65 Å². The van der Waals surface area contributed by atoms with Crippen LogP contribution >= 0.6 is 11.6 Å². The summed E-state index contributed by atoms with van der Waals surface area (Å²) in [7, 11) is 0. The molecule has 1 aliphatic heterocycles. The molecule has 0 radical (unpaired) electrons. The van der Waals surface area contributed by atoms with Crippen molar-refractivity contribution >= 4 is 23.2 Å². The van der Waals surface area contributed by atoms with Crippen LogP contribution in [0, 0.1) is 5.41 Å². The number of likely N-dealkylation sites (tertiary alicyclic amines) is 1. The maximum absolute atomic E-state index is 12.7. The molecule has 3 aromatic rings. The van der Waals surface area contributed by atoms with Crippen LogP contribution in [0.4, 0.5) is 0 Å². The molecule has 0 N–H and O–H groups in total. The van der Waals surface area contributed by atoms with Crippen LogP contribution in [-0.2, 0) is 4.79 Å². The van der Waals surface area contributed by atoms with E-state index in [4.69, 9.17) is 16.6 Å². The molecule has 0 spiro atoms. The van der Waals surface area contributed by atoms with Gasteiger partial charge in [-0.3, -0.25) is 14.2 Å². The highest BCUT2D eigenvalue weighted by Crippen LogP contribution is 2.30. The molecular formula is C22H25ClN4O. The average molecular weight is 397 g/mol. The number of imidazole rings is 1. The first-order valence-corrected chi connectivity index (χ1v) is 10.1. The molecule has 1 saturated heterocycles. The number of hydrogen-bond donors (Lipinski definition) is 0. The van der Waals surface area contributed by atoms with Crippen LogP contribution in [-0.4, -0.2) is 38.3 Å². The Morgan fingerprint density at radius 1 is 1.21 bits per heavy atom. The number of fused-ring (bicyclic) bond motifs is 1. The van der Waals surface area contributed by atoms with Crippen molar-refractivity contribution in [3.05, 3.63) is 53.4 Å². The molecule has 4 heterocycles. The second kappa shape index (κ2) is 7.21. The van der Waals surface area contributed by atoms with Gasteiger partial charge in [0.05, 0.1) is 22.6 Å². The maximum atomic E-state index is 12.7. The fourth-order valence-corrected chi connectivity index (χ4v) is 4.00. The van der Waals surface area contributed by atoms with Gasteiger partial charge in [-0.05, 0) is 37.1 Å². The van der Waals surface area contributed by atoms with E-state index < -0.39 is 0 Å². The van der Waals surface area contributed by atoms with Crippen molar-refractivity contribution in [3.63, 3.8) is 0 Å². The predicted molar refractivity (Wildman–Crippen MR) is 111 cm³/mol. The summed E-state index contributed by atoms with van der Waals surface area (Å²) in [6.45, 7) is 7.50. The van der Waals surface area contributed by atoms with Crippen molar-refractivity contribution in [2.24, 2.45) is 5.41 Å². The lowest BCUT2D eigenvalue weighted by molar-refractivity contribution is -0.140. The first-order valence-electron chi connectivity index (χ1n) is 9.72. The summed E-state index contributed by atoms with van der Waals surface area (Å²) in [5, 5.41) is 0.659.